The Labute approximate surface area is 102 Å². The Bertz CT molecular complexity index is 495. The van der Waals surface area contributed by atoms with Crippen molar-refractivity contribution in [2.45, 2.75) is 20.0 Å². The van der Waals surface area contributed by atoms with Crippen LogP contribution in [0.15, 0.2) is 16.6 Å². The maximum atomic E-state index is 5.87. The summed E-state index contributed by atoms with van der Waals surface area (Å²) in [5, 5.41) is 0. The molecule has 0 saturated heterocycles. The minimum Gasteiger partial charge on any atom is -0.397 e. The summed E-state index contributed by atoms with van der Waals surface area (Å²) in [6.45, 7) is 3.32. The van der Waals surface area contributed by atoms with Crippen molar-refractivity contribution in [3.05, 3.63) is 22.4 Å². The van der Waals surface area contributed by atoms with Crippen LogP contribution in [0, 0.1) is 0 Å². The molecule has 0 aliphatic heterocycles. The fraction of sp³-hybridized carbons (Fsp3) is 0.364. The van der Waals surface area contributed by atoms with Crippen molar-refractivity contribution in [3.63, 3.8) is 0 Å². The number of aromatic nitrogens is 2. The molecule has 2 rings (SSSR count). The average molecular weight is 284 g/mol. The molecule has 1 aromatic carbocycles. The van der Waals surface area contributed by atoms with Crippen molar-refractivity contribution >= 4 is 32.7 Å². The molecule has 0 saturated carbocycles. The topological polar surface area (TPSA) is 63.9 Å². The van der Waals surface area contributed by atoms with Crippen LogP contribution in [-0.2, 0) is 11.3 Å². The number of hydrogen-bond donors (Lipinski definition) is 2. The summed E-state index contributed by atoms with van der Waals surface area (Å²) in [4.78, 5) is 7.59. The molecule has 5 heteroatoms. The van der Waals surface area contributed by atoms with Gasteiger partial charge in [0.2, 0.25) is 0 Å². The lowest BCUT2D eigenvalue weighted by atomic mass is 10.3. The number of halogens is 1. The Morgan fingerprint density at radius 3 is 3.06 bits per heavy atom. The predicted molar refractivity (Wildman–Crippen MR) is 68.2 cm³/mol. The number of benzene rings is 1. The van der Waals surface area contributed by atoms with E-state index in [1.165, 1.54) is 0 Å². The number of nitrogens with one attached hydrogen (secondary N) is 1. The lowest BCUT2D eigenvalue weighted by molar-refractivity contribution is 0.117. The third-order valence-corrected chi connectivity index (χ3v) is 2.67. The second kappa shape index (κ2) is 4.84. The van der Waals surface area contributed by atoms with Gasteiger partial charge >= 0.3 is 0 Å². The molecule has 0 atom stereocenters. The van der Waals surface area contributed by atoms with Crippen molar-refractivity contribution < 1.29 is 4.74 Å². The zero-order valence-electron chi connectivity index (χ0n) is 9.09. The van der Waals surface area contributed by atoms with Crippen LogP contribution in [0.3, 0.4) is 0 Å². The number of ether oxygens (including phenoxy) is 1. The molecule has 0 aliphatic carbocycles. The highest BCUT2D eigenvalue weighted by Crippen LogP contribution is 2.24. The molecule has 1 heterocycles. The van der Waals surface area contributed by atoms with Crippen LogP contribution in [0.1, 0.15) is 19.2 Å². The number of nitrogens with two attached hydrogens (primary N) is 1. The average Bonchev–Trinajstić information content (AvgIpc) is 2.61. The maximum Gasteiger partial charge on any atom is 0.133 e. The molecule has 0 bridgehead atoms. The Morgan fingerprint density at radius 1 is 1.50 bits per heavy atom. The molecule has 0 amide bonds. The monoisotopic (exact) mass is 283 g/mol. The summed E-state index contributed by atoms with van der Waals surface area (Å²) in [5.74, 6) is 0.813. The van der Waals surface area contributed by atoms with E-state index in [4.69, 9.17) is 10.5 Å². The second-order valence-electron chi connectivity index (χ2n) is 3.63. The van der Waals surface area contributed by atoms with Crippen LogP contribution in [0.4, 0.5) is 5.69 Å². The van der Waals surface area contributed by atoms with Gasteiger partial charge in [-0.15, -0.1) is 0 Å². The summed E-state index contributed by atoms with van der Waals surface area (Å²) in [5.41, 5.74) is 8.28. The number of H-pyrrole nitrogens is 1. The summed E-state index contributed by atoms with van der Waals surface area (Å²) in [6, 6.07) is 3.81. The second-order valence-corrected chi connectivity index (χ2v) is 4.54. The Kier molecular flexibility index (Phi) is 3.46. The van der Waals surface area contributed by atoms with Crippen LogP contribution >= 0.6 is 15.9 Å². The van der Waals surface area contributed by atoms with Gasteiger partial charge in [0.25, 0.3) is 0 Å². The van der Waals surface area contributed by atoms with E-state index in [0.29, 0.717) is 12.3 Å². The molecule has 4 nitrogen and oxygen atoms in total. The summed E-state index contributed by atoms with van der Waals surface area (Å²) in [7, 11) is 0. The Hall–Kier alpha value is -1.07. The lowest BCUT2D eigenvalue weighted by Crippen LogP contribution is -1.95. The first-order valence-corrected chi connectivity index (χ1v) is 6.01. The van der Waals surface area contributed by atoms with Crippen molar-refractivity contribution in [3.8, 4) is 0 Å². The molecule has 0 aliphatic rings. The number of nitrogens with zero attached hydrogens (tertiary/aromatic N) is 1. The highest BCUT2D eigenvalue weighted by atomic mass is 79.9. The molecule has 0 spiro atoms. The Balaban J connectivity index is 2.26. The minimum absolute atomic E-state index is 0.500. The van der Waals surface area contributed by atoms with E-state index in [9.17, 15) is 0 Å². The van der Waals surface area contributed by atoms with E-state index < -0.39 is 0 Å². The summed E-state index contributed by atoms with van der Waals surface area (Å²) >= 11 is 3.40. The molecule has 0 unspecified atom stereocenters. The van der Waals surface area contributed by atoms with Crippen molar-refractivity contribution in [1.82, 2.24) is 9.97 Å². The smallest absolute Gasteiger partial charge is 0.133 e. The number of fused-ring (bicyclic) bond motifs is 1. The van der Waals surface area contributed by atoms with Crippen LogP contribution in [-0.4, -0.2) is 16.6 Å². The van der Waals surface area contributed by atoms with E-state index in [-0.39, 0.29) is 0 Å². The number of nitrogen functional groups attached to an aromatic ring is 1. The number of anilines is 1. The summed E-state index contributed by atoms with van der Waals surface area (Å²) in [6.07, 6.45) is 1.01. The van der Waals surface area contributed by atoms with Gasteiger partial charge in [-0.3, -0.25) is 0 Å². The number of rotatable bonds is 4. The number of aromatic amines is 1. The molecule has 0 fully saturated rings. The molecule has 3 N–H and O–H groups in total. The molecule has 16 heavy (non-hydrogen) atoms. The zero-order chi connectivity index (χ0) is 11.5. The van der Waals surface area contributed by atoms with Gasteiger partial charge in [-0.1, -0.05) is 22.9 Å². The predicted octanol–water partition coefficient (Wildman–Crippen LogP) is 2.83. The maximum absolute atomic E-state index is 5.87. The molecular formula is C11H14BrN3O. The van der Waals surface area contributed by atoms with E-state index in [1.54, 1.807) is 0 Å². The van der Waals surface area contributed by atoms with Crippen LogP contribution in [0.2, 0.25) is 0 Å². The molecule has 86 valence electrons. The van der Waals surface area contributed by atoms with Crippen molar-refractivity contribution in [1.29, 1.82) is 0 Å². The van der Waals surface area contributed by atoms with E-state index >= 15 is 0 Å². The van der Waals surface area contributed by atoms with Gasteiger partial charge in [0.05, 0.1) is 11.2 Å². The first-order chi connectivity index (χ1) is 7.70. The standard InChI is InChI=1S/C11H14BrN3O/c1-2-3-16-6-10-14-9-5-7(12)4-8(13)11(9)15-10/h4-5H,2-3,6,13H2,1H3,(H,14,15). The molecule has 1 aromatic heterocycles. The SMILES string of the molecule is CCCOCc1nc2c(N)cc(Br)cc2[nH]1. The van der Waals surface area contributed by atoms with Gasteiger partial charge in [-0.25, -0.2) is 4.98 Å². The molecule has 2 aromatic rings. The fourth-order valence-corrected chi connectivity index (χ4v) is 2.02. The first kappa shape index (κ1) is 11.4. The van der Waals surface area contributed by atoms with Crippen LogP contribution in [0.5, 0.6) is 0 Å². The van der Waals surface area contributed by atoms with Crippen molar-refractivity contribution in [2.75, 3.05) is 12.3 Å². The van der Waals surface area contributed by atoms with Gasteiger partial charge < -0.3 is 15.5 Å². The van der Waals surface area contributed by atoms with Crippen molar-refractivity contribution in [2.24, 2.45) is 0 Å². The van der Waals surface area contributed by atoms with E-state index in [2.05, 4.69) is 32.8 Å². The largest absolute Gasteiger partial charge is 0.397 e. The number of hydrogen-bond acceptors (Lipinski definition) is 3. The fourth-order valence-electron chi connectivity index (χ4n) is 1.54. The van der Waals surface area contributed by atoms with E-state index in [0.717, 1.165) is 34.4 Å². The summed E-state index contributed by atoms with van der Waals surface area (Å²) < 4.78 is 6.37. The van der Waals surface area contributed by atoms with Gasteiger partial charge in [0.15, 0.2) is 0 Å². The molecular weight excluding hydrogens is 270 g/mol. The highest BCUT2D eigenvalue weighted by molar-refractivity contribution is 9.10. The lowest BCUT2D eigenvalue weighted by Gasteiger charge is -1.97. The third kappa shape index (κ3) is 2.36. The van der Waals surface area contributed by atoms with Crippen LogP contribution in [0.25, 0.3) is 11.0 Å². The van der Waals surface area contributed by atoms with Gasteiger partial charge in [-0.05, 0) is 18.6 Å². The zero-order valence-corrected chi connectivity index (χ0v) is 10.7. The Morgan fingerprint density at radius 2 is 2.31 bits per heavy atom. The van der Waals surface area contributed by atoms with Gasteiger partial charge in [0, 0.05) is 11.1 Å². The first-order valence-electron chi connectivity index (χ1n) is 5.22. The molecule has 0 radical (unpaired) electrons. The van der Waals surface area contributed by atoms with Crippen LogP contribution < -0.4 is 5.73 Å². The van der Waals surface area contributed by atoms with Gasteiger partial charge in [-0.2, -0.15) is 0 Å². The third-order valence-electron chi connectivity index (χ3n) is 2.22. The number of imidazole rings is 1. The van der Waals surface area contributed by atoms with Gasteiger partial charge in [0.1, 0.15) is 17.9 Å². The minimum atomic E-state index is 0.500. The quantitative estimate of drug-likeness (QED) is 0.670. The van der Waals surface area contributed by atoms with E-state index in [1.807, 2.05) is 12.1 Å². The normalized spacial score (nSPS) is 11.1. The highest BCUT2D eigenvalue weighted by Gasteiger charge is 2.06.